The van der Waals surface area contributed by atoms with Crippen LogP contribution in [0.25, 0.3) is 11.1 Å². The van der Waals surface area contributed by atoms with Gasteiger partial charge in [0, 0.05) is 5.56 Å². The molecule has 1 heteroatoms. The first-order chi connectivity index (χ1) is 9.72. The lowest BCUT2D eigenvalue weighted by Crippen LogP contribution is -2.05. The van der Waals surface area contributed by atoms with E-state index in [-0.39, 0.29) is 6.10 Å². The minimum absolute atomic E-state index is 0.189. The summed E-state index contributed by atoms with van der Waals surface area (Å²) in [4.78, 5) is 0. The van der Waals surface area contributed by atoms with Crippen molar-refractivity contribution in [1.29, 1.82) is 0 Å². The standard InChI is InChI=1S/C19H20O/c1-3-15-5-10-17(11-6-15)18-12-7-16(8-13-18)9-14-19(20)4-2/h1,5-8,10-13,19-20H,4,9,14H2,2H3. The summed E-state index contributed by atoms with van der Waals surface area (Å²) in [6, 6.07) is 16.5. The van der Waals surface area contributed by atoms with Gasteiger partial charge in [-0.3, -0.25) is 0 Å². The highest BCUT2D eigenvalue weighted by atomic mass is 16.3. The van der Waals surface area contributed by atoms with Crippen molar-refractivity contribution >= 4 is 0 Å². The molecule has 2 rings (SSSR count). The molecule has 1 atom stereocenters. The number of aliphatic hydroxyl groups is 1. The predicted molar refractivity (Wildman–Crippen MR) is 84.4 cm³/mol. The maximum absolute atomic E-state index is 9.59. The van der Waals surface area contributed by atoms with E-state index in [4.69, 9.17) is 6.42 Å². The Hall–Kier alpha value is -2.04. The largest absolute Gasteiger partial charge is 0.393 e. The van der Waals surface area contributed by atoms with E-state index in [2.05, 4.69) is 30.2 Å². The molecule has 102 valence electrons. The van der Waals surface area contributed by atoms with Gasteiger partial charge in [0.25, 0.3) is 0 Å². The zero-order valence-corrected chi connectivity index (χ0v) is 11.8. The fourth-order valence-electron chi connectivity index (χ4n) is 2.16. The molecular weight excluding hydrogens is 244 g/mol. The number of rotatable bonds is 5. The van der Waals surface area contributed by atoms with Crippen molar-refractivity contribution in [1.82, 2.24) is 0 Å². The summed E-state index contributed by atoms with van der Waals surface area (Å²) in [5, 5.41) is 9.59. The Kier molecular flexibility index (Phi) is 4.98. The molecule has 1 N–H and O–H groups in total. The number of hydrogen-bond donors (Lipinski definition) is 1. The van der Waals surface area contributed by atoms with Crippen LogP contribution in [0.2, 0.25) is 0 Å². The molecule has 20 heavy (non-hydrogen) atoms. The fraction of sp³-hybridized carbons (Fsp3) is 0.263. The molecule has 2 aromatic carbocycles. The normalized spacial score (nSPS) is 11.8. The van der Waals surface area contributed by atoms with Crippen molar-refractivity contribution in [3.8, 4) is 23.5 Å². The third-order valence-corrected chi connectivity index (χ3v) is 3.58. The Bertz CT molecular complexity index is 573. The molecule has 0 radical (unpaired) electrons. The van der Waals surface area contributed by atoms with Crippen LogP contribution in [-0.4, -0.2) is 11.2 Å². The highest BCUT2D eigenvalue weighted by molar-refractivity contribution is 5.64. The summed E-state index contributed by atoms with van der Waals surface area (Å²) in [7, 11) is 0. The van der Waals surface area contributed by atoms with E-state index in [9.17, 15) is 5.11 Å². The molecular formula is C19H20O. The van der Waals surface area contributed by atoms with Crippen molar-refractivity contribution in [2.24, 2.45) is 0 Å². The Morgan fingerprint density at radius 2 is 1.55 bits per heavy atom. The van der Waals surface area contributed by atoms with Crippen molar-refractivity contribution in [2.45, 2.75) is 32.3 Å². The molecule has 0 fully saturated rings. The summed E-state index contributed by atoms with van der Waals surface area (Å²) in [6.07, 6.45) is 7.74. The smallest absolute Gasteiger partial charge is 0.0540 e. The summed E-state index contributed by atoms with van der Waals surface area (Å²) in [5.41, 5.74) is 4.53. The van der Waals surface area contributed by atoms with Gasteiger partial charge in [-0.05, 0) is 48.1 Å². The molecule has 0 amide bonds. The molecule has 0 aliphatic carbocycles. The first kappa shape index (κ1) is 14.4. The summed E-state index contributed by atoms with van der Waals surface area (Å²) >= 11 is 0. The van der Waals surface area contributed by atoms with Crippen LogP contribution in [0.3, 0.4) is 0 Å². The summed E-state index contributed by atoms with van der Waals surface area (Å²) < 4.78 is 0. The Morgan fingerprint density at radius 3 is 2.05 bits per heavy atom. The first-order valence-corrected chi connectivity index (χ1v) is 7.07. The number of benzene rings is 2. The van der Waals surface area contributed by atoms with Gasteiger partial charge in [0.1, 0.15) is 0 Å². The van der Waals surface area contributed by atoms with Gasteiger partial charge < -0.3 is 5.11 Å². The van der Waals surface area contributed by atoms with E-state index in [0.717, 1.165) is 24.8 Å². The van der Waals surface area contributed by atoms with Crippen molar-refractivity contribution in [3.05, 3.63) is 59.7 Å². The van der Waals surface area contributed by atoms with Gasteiger partial charge in [-0.2, -0.15) is 0 Å². The lowest BCUT2D eigenvalue weighted by atomic mass is 10.00. The van der Waals surface area contributed by atoms with Crippen LogP contribution in [0.1, 0.15) is 30.9 Å². The topological polar surface area (TPSA) is 20.2 Å². The molecule has 0 saturated carbocycles. The van der Waals surface area contributed by atoms with E-state index in [0.29, 0.717) is 0 Å². The minimum atomic E-state index is -0.189. The zero-order valence-electron chi connectivity index (χ0n) is 11.8. The van der Waals surface area contributed by atoms with Gasteiger partial charge in [-0.15, -0.1) is 6.42 Å². The minimum Gasteiger partial charge on any atom is -0.393 e. The number of aryl methyl sites for hydroxylation is 1. The maximum Gasteiger partial charge on any atom is 0.0540 e. The lowest BCUT2D eigenvalue weighted by molar-refractivity contribution is 0.160. The summed E-state index contributed by atoms with van der Waals surface area (Å²) in [5.74, 6) is 2.62. The quantitative estimate of drug-likeness (QED) is 0.808. The molecule has 0 spiro atoms. The fourth-order valence-corrected chi connectivity index (χ4v) is 2.16. The number of aliphatic hydroxyl groups excluding tert-OH is 1. The van der Waals surface area contributed by atoms with Gasteiger partial charge >= 0.3 is 0 Å². The first-order valence-electron chi connectivity index (χ1n) is 7.07. The molecule has 1 nitrogen and oxygen atoms in total. The van der Waals surface area contributed by atoms with Gasteiger partial charge in [0.2, 0.25) is 0 Å². The molecule has 0 bridgehead atoms. The monoisotopic (exact) mass is 264 g/mol. The van der Waals surface area contributed by atoms with Crippen molar-refractivity contribution < 1.29 is 5.11 Å². The molecule has 0 saturated heterocycles. The molecule has 2 aromatic rings. The SMILES string of the molecule is C#Cc1ccc(-c2ccc(CCC(O)CC)cc2)cc1. The number of terminal acetylenes is 1. The van der Waals surface area contributed by atoms with Crippen LogP contribution in [0.15, 0.2) is 48.5 Å². The zero-order chi connectivity index (χ0) is 14.4. The molecule has 1 unspecified atom stereocenters. The third-order valence-electron chi connectivity index (χ3n) is 3.58. The Morgan fingerprint density at radius 1 is 1.00 bits per heavy atom. The highest BCUT2D eigenvalue weighted by Crippen LogP contribution is 2.21. The third kappa shape index (κ3) is 3.73. The van der Waals surface area contributed by atoms with E-state index >= 15 is 0 Å². The second-order valence-electron chi connectivity index (χ2n) is 5.02. The van der Waals surface area contributed by atoms with Gasteiger partial charge in [0.05, 0.1) is 6.10 Å². The van der Waals surface area contributed by atoms with Gasteiger partial charge in [-0.25, -0.2) is 0 Å². The van der Waals surface area contributed by atoms with Crippen molar-refractivity contribution in [2.75, 3.05) is 0 Å². The van der Waals surface area contributed by atoms with E-state index in [1.165, 1.54) is 16.7 Å². The van der Waals surface area contributed by atoms with Crippen LogP contribution in [0.5, 0.6) is 0 Å². The Balaban J connectivity index is 2.05. The molecule has 0 aliphatic heterocycles. The van der Waals surface area contributed by atoms with E-state index < -0.39 is 0 Å². The molecule has 0 heterocycles. The van der Waals surface area contributed by atoms with Gasteiger partial charge in [-0.1, -0.05) is 49.2 Å². The second-order valence-corrected chi connectivity index (χ2v) is 5.02. The van der Waals surface area contributed by atoms with Crippen LogP contribution < -0.4 is 0 Å². The van der Waals surface area contributed by atoms with Gasteiger partial charge in [0.15, 0.2) is 0 Å². The summed E-state index contributed by atoms with van der Waals surface area (Å²) in [6.45, 7) is 2.01. The van der Waals surface area contributed by atoms with Crippen LogP contribution >= 0.6 is 0 Å². The van der Waals surface area contributed by atoms with E-state index in [1.807, 2.05) is 31.2 Å². The average Bonchev–Trinajstić information content (AvgIpc) is 2.53. The van der Waals surface area contributed by atoms with Crippen LogP contribution in [0, 0.1) is 12.3 Å². The van der Waals surface area contributed by atoms with Crippen LogP contribution in [-0.2, 0) is 6.42 Å². The molecule has 0 aliphatic rings. The second kappa shape index (κ2) is 6.93. The highest BCUT2D eigenvalue weighted by Gasteiger charge is 2.02. The van der Waals surface area contributed by atoms with E-state index in [1.54, 1.807) is 0 Å². The maximum atomic E-state index is 9.59. The predicted octanol–water partition coefficient (Wildman–Crippen LogP) is 4.04. The number of hydrogen-bond acceptors (Lipinski definition) is 1. The van der Waals surface area contributed by atoms with Crippen LogP contribution in [0.4, 0.5) is 0 Å². The average molecular weight is 264 g/mol. The molecule has 0 aromatic heterocycles. The lowest BCUT2D eigenvalue weighted by Gasteiger charge is -2.08. The Labute approximate surface area is 121 Å². The van der Waals surface area contributed by atoms with Crippen molar-refractivity contribution in [3.63, 3.8) is 0 Å².